The molecule has 100 valence electrons. The molecule has 0 amide bonds. The Bertz CT molecular complexity index is 570. The van der Waals surface area contributed by atoms with E-state index in [-0.39, 0.29) is 18.4 Å². The van der Waals surface area contributed by atoms with Crippen molar-refractivity contribution in [3.05, 3.63) is 54.1 Å². The van der Waals surface area contributed by atoms with Gasteiger partial charge >= 0.3 is 5.97 Å². The molecule has 0 radical (unpaired) electrons. The third-order valence-corrected chi connectivity index (χ3v) is 2.67. The molecule has 2 aromatic rings. The Morgan fingerprint density at radius 1 is 1.05 bits per heavy atom. The third kappa shape index (κ3) is 3.26. The number of benzene rings is 2. The molecule has 0 aliphatic rings. The van der Waals surface area contributed by atoms with Crippen molar-refractivity contribution in [3.63, 3.8) is 0 Å². The summed E-state index contributed by atoms with van der Waals surface area (Å²) in [7, 11) is 0. The van der Waals surface area contributed by atoms with E-state index in [4.69, 9.17) is 10.5 Å². The predicted octanol–water partition coefficient (Wildman–Crippen LogP) is 3.53. The van der Waals surface area contributed by atoms with E-state index in [2.05, 4.69) is 0 Å². The van der Waals surface area contributed by atoms with Gasteiger partial charge in [-0.25, -0.2) is 4.79 Å². The van der Waals surface area contributed by atoms with Crippen molar-refractivity contribution in [2.45, 2.75) is 6.92 Å². The van der Waals surface area contributed by atoms with Crippen molar-refractivity contribution in [2.24, 2.45) is 0 Å². The summed E-state index contributed by atoms with van der Waals surface area (Å²) in [6.45, 7) is 2.15. The molecule has 0 unspecified atom stereocenters. The Morgan fingerprint density at radius 3 is 2.26 bits per heavy atom. The fourth-order valence-electron chi connectivity index (χ4n) is 1.85. The van der Waals surface area contributed by atoms with Gasteiger partial charge in [0.15, 0.2) is 0 Å². The van der Waals surface area contributed by atoms with Gasteiger partial charge in [-0.3, -0.25) is 0 Å². The maximum absolute atomic E-state index is 11.9. The van der Waals surface area contributed by atoms with Gasteiger partial charge in [-0.1, -0.05) is 36.4 Å². The first-order valence-electron chi connectivity index (χ1n) is 5.85. The van der Waals surface area contributed by atoms with Crippen LogP contribution in [0.25, 0.3) is 11.1 Å². The summed E-state index contributed by atoms with van der Waals surface area (Å²) in [5, 5.41) is 0. The Hall–Kier alpha value is -2.00. The van der Waals surface area contributed by atoms with Crippen LogP contribution in [0.2, 0.25) is 0 Å². The van der Waals surface area contributed by atoms with Crippen molar-refractivity contribution < 1.29 is 9.53 Å². The van der Waals surface area contributed by atoms with Gasteiger partial charge in [-0.2, -0.15) is 0 Å². The second kappa shape index (κ2) is 6.81. The number of carbonyl (C=O) groups excluding carboxylic acids is 1. The topological polar surface area (TPSA) is 52.3 Å². The molecule has 0 saturated heterocycles. The van der Waals surface area contributed by atoms with E-state index < -0.39 is 0 Å². The van der Waals surface area contributed by atoms with Gasteiger partial charge in [-0.15, -0.1) is 12.4 Å². The first kappa shape index (κ1) is 15.1. The minimum Gasteiger partial charge on any atom is -0.462 e. The van der Waals surface area contributed by atoms with Crippen LogP contribution in [0, 0.1) is 0 Å². The summed E-state index contributed by atoms with van der Waals surface area (Å²) < 4.78 is 5.05. The average molecular weight is 278 g/mol. The fourth-order valence-corrected chi connectivity index (χ4v) is 1.85. The molecular formula is C15H16ClNO2. The number of halogens is 1. The Kier molecular flexibility index (Phi) is 5.39. The lowest BCUT2D eigenvalue weighted by Crippen LogP contribution is -2.06. The zero-order valence-corrected chi connectivity index (χ0v) is 11.4. The molecule has 0 aliphatic carbocycles. The third-order valence-electron chi connectivity index (χ3n) is 2.67. The number of ether oxygens (including phenoxy) is 1. The standard InChI is InChI=1S/C15H15NO2.ClH/c1-2-18-15(17)13-9-4-3-7-11(13)12-8-5-6-10-14(12)16;/h3-10H,2,16H2,1H3;1H. The highest BCUT2D eigenvalue weighted by Crippen LogP contribution is 2.28. The molecular weight excluding hydrogens is 262 g/mol. The molecule has 2 aromatic carbocycles. The van der Waals surface area contributed by atoms with E-state index in [1.807, 2.05) is 42.5 Å². The van der Waals surface area contributed by atoms with Gasteiger partial charge in [0.25, 0.3) is 0 Å². The molecule has 0 atom stereocenters. The summed E-state index contributed by atoms with van der Waals surface area (Å²) in [6, 6.07) is 14.8. The van der Waals surface area contributed by atoms with Crippen molar-refractivity contribution in [1.82, 2.24) is 0 Å². The summed E-state index contributed by atoms with van der Waals surface area (Å²) in [4.78, 5) is 11.9. The van der Waals surface area contributed by atoms with Crippen molar-refractivity contribution in [1.29, 1.82) is 0 Å². The van der Waals surface area contributed by atoms with Crippen molar-refractivity contribution in [2.75, 3.05) is 12.3 Å². The monoisotopic (exact) mass is 277 g/mol. The smallest absolute Gasteiger partial charge is 0.338 e. The zero-order chi connectivity index (χ0) is 13.0. The van der Waals surface area contributed by atoms with Gasteiger partial charge in [0.2, 0.25) is 0 Å². The van der Waals surface area contributed by atoms with Crippen LogP contribution in [-0.4, -0.2) is 12.6 Å². The number of esters is 1. The van der Waals surface area contributed by atoms with Crippen LogP contribution in [0.1, 0.15) is 17.3 Å². The van der Waals surface area contributed by atoms with Gasteiger partial charge in [-0.05, 0) is 24.6 Å². The van der Waals surface area contributed by atoms with E-state index in [9.17, 15) is 4.79 Å². The molecule has 3 nitrogen and oxygen atoms in total. The molecule has 2 rings (SSSR count). The number of nitrogen functional groups attached to an aromatic ring is 1. The molecule has 19 heavy (non-hydrogen) atoms. The van der Waals surface area contributed by atoms with E-state index >= 15 is 0 Å². The lowest BCUT2D eigenvalue weighted by Gasteiger charge is -2.10. The van der Waals surface area contributed by atoms with E-state index in [0.29, 0.717) is 17.9 Å². The first-order chi connectivity index (χ1) is 8.74. The Balaban J connectivity index is 0.00000180. The van der Waals surface area contributed by atoms with Crippen LogP contribution >= 0.6 is 12.4 Å². The maximum atomic E-state index is 11.9. The number of para-hydroxylation sites is 1. The second-order valence-electron chi connectivity index (χ2n) is 3.85. The second-order valence-corrected chi connectivity index (χ2v) is 3.85. The molecule has 0 bridgehead atoms. The normalized spacial score (nSPS) is 9.53. The molecule has 2 N–H and O–H groups in total. The highest BCUT2D eigenvalue weighted by atomic mass is 35.5. The lowest BCUT2D eigenvalue weighted by atomic mass is 9.98. The molecule has 0 aromatic heterocycles. The molecule has 0 fully saturated rings. The lowest BCUT2D eigenvalue weighted by molar-refractivity contribution is 0.0527. The largest absolute Gasteiger partial charge is 0.462 e. The van der Waals surface area contributed by atoms with Gasteiger partial charge in [0.1, 0.15) is 0 Å². The van der Waals surface area contributed by atoms with Crippen LogP contribution in [0.15, 0.2) is 48.5 Å². The van der Waals surface area contributed by atoms with Gasteiger partial charge in [0.05, 0.1) is 12.2 Å². The van der Waals surface area contributed by atoms with Crippen molar-refractivity contribution >= 4 is 24.1 Å². The number of hydrogen-bond acceptors (Lipinski definition) is 3. The van der Waals surface area contributed by atoms with Gasteiger partial charge < -0.3 is 10.5 Å². The average Bonchev–Trinajstić information content (AvgIpc) is 2.40. The van der Waals surface area contributed by atoms with Crippen LogP contribution in [0.5, 0.6) is 0 Å². The minimum absolute atomic E-state index is 0. The SMILES string of the molecule is CCOC(=O)c1ccccc1-c1ccccc1N.Cl. The maximum Gasteiger partial charge on any atom is 0.338 e. The molecule has 0 spiro atoms. The Morgan fingerprint density at radius 2 is 1.63 bits per heavy atom. The predicted molar refractivity (Wildman–Crippen MR) is 79.5 cm³/mol. The number of nitrogens with two attached hydrogens (primary N) is 1. The summed E-state index contributed by atoms with van der Waals surface area (Å²) in [5.74, 6) is -0.323. The molecule has 0 aliphatic heterocycles. The summed E-state index contributed by atoms with van der Waals surface area (Å²) in [6.07, 6.45) is 0. The quantitative estimate of drug-likeness (QED) is 0.690. The van der Waals surface area contributed by atoms with Crippen LogP contribution in [-0.2, 0) is 4.74 Å². The number of hydrogen-bond donors (Lipinski definition) is 1. The highest BCUT2D eigenvalue weighted by molar-refractivity contribution is 5.98. The number of carbonyl (C=O) groups is 1. The first-order valence-corrected chi connectivity index (χ1v) is 5.85. The fraction of sp³-hybridized carbons (Fsp3) is 0.133. The van der Waals surface area contributed by atoms with E-state index in [1.54, 1.807) is 13.0 Å². The molecule has 4 heteroatoms. The highest BCUT2D eigenvalue weighted by Gasteiger charge is 2.14. The summed E-state index contributed by atoms with van der Waals surface area (Å²) >= 11 is 0. The van der Waals surface area contributed by atoms with Gasteiger partial charge in [0, 0.05) is 11.3 Å². The van der Waals surface area contributed by atoms with Crippen LogP contribution in [0.4, 0.5) is 5.69 Å². The number of rotatable bonds is 3. The van der Waals surface area contributed by atoms with Crippen LogP contribution < -0.4 is 5.73 Å². The van der Waals surface area contributed by atoms with E-state index in [0.717, 1.165) is 11.1 Å². The summed E-state index contributed by atoms with van der Waals surface area (Å²) in [5.41, 5.74) is 8.78. The zero-order valence-electron chi connectivity index (χ0n) is 10.6. The number of anilines is 1. The Labute approximate surface area is 118 Å². The van der Waals surface area contributed by atoms with Crippen molar-refractivity contribution in [3.8, 4) is 11.1 Å². The molecule has 0 saturated carbocycles. The van der Waals surface area contributed by atoms with E-state index in [1.165, 1.54) is 0 Å². The van der Waals surface area contributed by atoms with Crippen LogP contribution in [0.3, 0.4) is 0 Å². The minimum atomic E-state index is -0.323. The molecule has 0 heterocycles.